The molecule has 264 valence electrons. The molecular formula is C35H40ClN7O6S. The number of nitrogens with one attached hydrogen (secondary N) is 4. The maximum absolute atomic E-state index is 13.7. The van der Waals surface area contributed by atoms with Crippen molar-refractivity contribution in [2.75, 3.05) is 26.0 Å². The third kappa shape index (κ3) is 9.05. The summed E-state index contributed by atoms with van der Waals surface area (Å²) in [7, 11) is -0.640. The lowest BCUT2D eigenvalue weighted by molar-refractivity contribution is -0.130. The van der Waals surface area contributed by atoms with Crippen LogP contribution in [0.2, 0.25) is 5.28 Å². The van der Waals surface area contributed by atoms with Gasteiger partial charge in [-0.1, -0.05) is 30.3 Å². The summed E-state index contributed by atoms with van der Waals surface area (Å²) in [5.74, 6) is -0.268. The highest BCUT2D eigenvalue weighted by atomic mass is 35.5. The first-order valence-corrected chi connectivity index (χ1v) is 18.0. The molecule has 1 aliphatic carbocycles. The van der Waals surface area contributed by atoms with Crippen LogP contribution in [0.25, 0.3) is 22.5 Å². The minimum Gasteiger partial charge on any atom is -0.465 e. The fourth-order valence-corrected chi connectivity index (χ4v) is 7.07. The number of hydrogen-bond acceptors (Lipinski definition) is 7. The van der Waals surface area contributed by atoms with Crippen molar-refractivity contribution in [3.63, 3.8) is 0 Å². The van der Waals surface area contributed by atoms with Crippen LogP contribution < -0.4 is 16.0 Å². The molecule has 5 N–H and O–H groups in total. The standard InChI is InChI=1S/C35H40ClN7O6S/c1-21-4-17-28(50(48,49)43(2)3)19-29(21)24-9-5-22(6-10-24)18-30(39-32(44)26-11-7-23(8-12-26)20-37-35(46)47)33(45)38-27-15-13-25(14-16-27)31-40-34(36)42-41-31/h4-6,9-10,13-17,19,23,26,30,37H,7-8,11-12,18,20H2,1-3H3,(H,38,45)(H,39,44)(H,46,47)(H,40,41,42)/t23?,26?,30-/m0/s1. The van der Waals surface area contributed by atoms with E-state index in [9.17, 15) is 22.8 Å². The summed E-state index contributed by atoms with van der Waals surface area (Å²) >= 11 is 5.85. The summed E-state index contributed by atoms with van der Waals surface area (Å²) < 4.78 is 26.7. The number of hydrogen-bond donors (Lipinski definition) is 5. The molecule has 1 atom stereocenters. The van der Waals surface area contributed by atoms with Crippen LogP contribution in [0.5, 0.6) is 0 Å². The highest BCUT2D eigenvalue weighted by molar-refractivity contribution is 7.89. The van der Waals surface area contributed by atoms with Gasteiger partial charge in [0, 0.05) is 44.2 Å². The van der Waals surface area contributed by atoms with Crippen LogP contribution >= 0.6 is 11.6 Å². The van der Waals surface area contributed by atoms with Gasteiger partial charge in [0.05, 0.1) is 4.90 Å². The lowest BCUT2D eigenvalue weighted by atomic mass is 9.81. The molecular weight excluding hydrogens is 682 g/mol. The van der Waals surface area contributed by atoms with Crippen molar-refractivity contribution >= 4 is 45.2 Å². The van der Waals surface area contributed by atoms with Crippen molar-refractivity contribution in [3.05, 3.63) is 83.1 Å². The van der Waals surface area contributed by atoms with E-state index in [-0.39, 0.29) is 34.3 Å². The number of aromatic amines is 1. The maximum atomic E-state index is 13.7. The van der Waals surface area contributed by atoms with E-state index in [1.54, 1.807) is 42.5 Å². The predicted octanol–water partition coefficient (Wildman–Crippen LogP) is 5.09. The topological polar surface area (TPSA) is 186 Å². The van der Waals surface area contributed by atoms with Gasteiger partial charge in [0.1, 0.15) is 6.04 Å². The van der Waals surface area contributed by atoms with Gasteiger partial charge in [-0.15, -0.1) is 10.2 Å². The van der Waals surface area contributed by atoms with E-state index < -0.39 is 28.1 Å². The number of sulfonamides is 1. The van der Waals surface area contributed by atoms with Gasteiger partial charge < -0.3 is 26.0 Å². The third-order valence-corrected chi connectivity index (χ3v) is 11.0. The summed E-state index contributed by atoms with van der Waals surface area (Å²) in [6.07, 6.45) is 1.74. The SMILES string of the molecule is Cc1ccc(S(=O)(=O)N(C)C)cc1-c1ccc(C[C@H](NC(=O)C2CCC(CNC(=O)O)CC2)C(=O)Nc2ccc(-c3nnc(Cl)[nH]3)cc2)cc1. The minimum atomic E-state index is -3.62. The fraction of sp³-hybridized carbons (Fsp3) is 0.343. The van der Waals surface area contributed by atoms with Gasteiger partial charge in [-0.2, -0.15) is 0 Å². The minimum absolute atomic E-state index is 0.162. The number of halogens is 1. The average Bonchev–Trinajstić information content (AvgIpc) is 3.54. The molecule has 5 rings (SSSR count). The summed E-state index contributed by atoms with van der Waals surface area (Å²) in [6, 6.07) is 18.6. The molecule has 4 aromatic rings. The van der Waals surface area contributed by atoms with Crippen molar-refractivity contribution in [2.24, 2.45) is 11.8 Å². The molecule has 13 nitrogen and oxygen atoms in total. The van der Waals surface area contributed by atoms with E-state index in [4.69, 9.17) is 16.7 Å². The Morgan fingerprint density at radius 2 is 1.62 bits per heavy atom. The molecule has 3 amide bonds. The first-order chi connectivity index (χ1) is 23.8. The first kappa shape index (κ1) is 36.5. The van der Waals surface area contributed by atoms with Crippen molar-refractivity contribution in [1.82, 2.24) is 30.1 Å². The number of anilines is 1. The maximum Gasteiger partial charge on any atom is 0.404 e. The molecule has 50 heavy (non-hydrogen) atoms. The molecule has 1 aromatic heterocycles. The number of benzene rings is 3. The molecule has 0 spiro atoms. The summed E-state index contributed by atoms with van der Waals surface area (Å²) in [5.41, 5.74) is 4.53. The Balaban J connectivity index is 1.32. The zero-order chi connectivity index (χ0) is 36.0. The normalized spacial score (nSPS) is 16.8. The zero-order valence-electron chi connectivity index (χ0n) is 27.9. The molecule has 1 aliphatic rings. The van der Waals surface area contributed by atoms with E-state index in [0.29, 0.717) is 43.7 Å². The number of aryl methyl sites for hydroxylation is 1. The van der Waals surface area contributed by atoms with Crippen molar-refractivity contribution in [2.45, 2.75) is 50.0 Å². The van der Waals surface area contributed by atoms with Crippen molar-refractivity contribution in [1.29, 1.82) is 0 Å². The van der Waals surface area contributed by atoms with Crippen LogP contribution in [0.15, 0.2) is 71.6 Å². The van der Waals surface area contributed by atoms with Gasteiger partial charge in [-0.3, -0.25) is 9.59 Å². The number of nitrogens with zero attached hydrogens (tertiary/aromatic N) is 3. The summed E-state index contributed by atoms with van der Waals surface area (Å²) in [5, 5.41) is 25.1. The largest absolute Gasteiger partial charge is 0.465 e. The molecule has 0 bridgehead atoms. The summed E-state index contributed by atoms with van der Waals surface area (Å²) in [4.78, 5) is 41.1. The smallest absolute Gasteiger partial charge is 0.404 e. The first-order valence-electron chi connectivity index (χ1n) is 16.2. The lowest BCUT2D eigenvalue weighted by Crippen LogP contribution is -2.48. The molecule has 0 aliphatic heterocycles. The number of carbonyl (C=O) groups excluding carboxylic acids is 2. The molecule has 1 saturated carbocycles. The zero-order valence-corrected chi connectivity index (χ0v) is 29.5. The van der Waals surface area contributed by atoms with Crippen LogP contribution in [0, 0.1) is 18.8 Å². The van der Waals surface area contributed by atoms with E-state index in [1.807, 2.05) is 31.2 Å². The third-order valence-electron chi connectivity index (χ3n) is 8.97. The quantitative estimate of drug-likeness (QED) is 0.134. The number of rotatable bonds is 12. The Hall–Kier alpha value is -4.79. The molecule has 0 radical (unpaired) electrons. The molecule has 0 saturated heterocycles. The number of H-pyrrole nitrogens is 1. The van der Waals surface area contributed by atoms with Gasteiger partial charge in [-0.05, 0) is 109 Å². The summed E-state index contributed by atoms with van der Waals surface area (Å²) in [6.45, 7) is 2.26. The molecule has 0 unspecified atom stereocenters. The van der Waals surface area contributed by atoms with Crippen LogP contribution in [-0.4, -0.2) is 77.6 Å². The van der Waals surface area contributed by atoms with Crippen molar-refractivity contribution in [3.8, 4) is 22.5 Å². The second-order valence-electron chi connectivity index (χ2n) is 12.7. The number of carboxylic acid groups (broad SMARTS) is 1. The fourth-order valence-electron chi connectivity index (χ4n) is 6.01. The van der Waals surface area contributed by atoms with Crippen LogP contribution in [-0.2, 0) is 26.0 Å². The molecule has 15 heteroatoms. The molecule has 1 fully saturated rings. The Kier molecular flexibility index (Phi) is 11.6. The highest BCUT2D eigenvalue weighted by Gasteiger charge is 2.30. The van der Waals surface area contributed by atoms with E-state index >= 15 is 0 Å². The van der Waals surface area contributed by atoms with E-state index in [1.165, 1.54) is 18.4 Å². The van der Waals surface area contributed by atoms with Crippen LogP contribution in [0.4, 0.5) is 10.5 Å². The predicted molar refractivity (Wildman–Crippen MR) is 190 cm³/mol. The number of aromatic nitrogens is 3. The van der Waals surface area contributed by atoms with Crippen LogP contribution in [0.3, 0.4) is 0 Å². The Morgan fingerprint density at radius 1 is 0.960 bits per heavy atom. The number of amides is 3. The Labute approximate surface area is 295 Å². The van der Waals surface area contributed by atoms with Gasteiger partial charge in [0.2, 0.25) is 27.1 Å². The lowest BCUT2D eigenvalue weighted by Gasteiger charge is -2.29. The Morgan fingerprint density at radius 3 is 2.22 bits per heavy atom. The van der Waals surface area contributed by atoms with Gasteiger partial charge in [0.15, 0.2) is 5.82 Å². The molecule has 1 heterocycles. The van der Waals surface area contributed by atoms with E-state index in [0.717, 1.165) is 27.8 Å². The van der Waals surface area contributed by atoms with E-state index in [2.05, 4.69) is 31.1 Å². The highest BCUT2D eigenvalue weighted by Crippen LogP contribution is 2.30. The van der Waals surface area contributed by atoms with Crippen molar-refractivity contribution < 1.29 is 27.9 Å². The monoisotopic (exact) mass is 721 g/mol. The Bertz CT molecular complexity index is 1940. The van der Waals surface area contributed by atoms with Gasteiger partial charge in [0.25, 0.3) is 0 Å². The van der Waals surface area contributed by atoms with Crippen LogP contribution in [0.1, 0.15) is 36.8 Å². The van der Waals surface area contributed by atoms with Gasteiger partial charge >= 0.3 is 6.09 Å². The number of carbonyl (C=O) groups is 3. The second-order valence-corrected chi connectivity index (χ2v) is 15.2. The molecule has 3 aromatic carbocycles. The second kappa shape index (κ2) is 15.8. The van der Waals surface area contributed by atoms with Gasteiger partial charge in [-0.25, -0.2) is 17.5 Å². The average molecular weight is 722 g/mol.